The fraction of sp³-hybridized carbons (Fsp3) is 0.423. The number of piperazine rings is 1. The van der Waals surface area contributed by atoms with E-state index in [1.54, 1.807) is 0 Å². The highest BCUT2D eigenvalue weighted by Gasteiger charge is 2.20. The molecule has 0 N–H and O–H groups in total. The lowest BCUT2D eigenvalue weighted by Crippen LogP contribution is -2.46. The van der Waals surface area contributed by atoms with Crippen LogP contribution in [0.15, 0.2) is 51.7 Å². The van der Waals surface area contributed by atoms with Gasteiger partial charge in [0.25, 0.3) is 0 Å². The number of nitrogens with zero attached hydrogens (tertiary/aromatic N) is 2. The minimum absolute atomic E-state index is 0.179. The highest BCUT2D eigenvalue weighted by atomic mass is 16.5. The highest BCUT2D eigenvalue weighted by molar-refractivity contribution is 5.83. The number of rotatable bonds is 6. The standard InChI is InChI=1S/C26H30N2O3/c1-19-5-2-6-20(17-19)28-14-12-27(13-15-28)11-4-16-30-21-9-10-23-22-7-3-8-24(22)26(29)31-25(23)18-21/h2,5-6,9-10,17-18H,3-4,7-8,11-16H2,1H3. The maximum absolute atomic E-state index is 12.2. The smallest absolute Gasteiger partial charge is 0.339 e. The number of fused-ring (bicyclic) bond motifs is 3. The van der Waals surface area contributed by atoms with Crippen molar-refractivity contribution in [2.75, 3.05) is 44.2 Å². The van der Waals surface area contributed by atoms with Gasteiger partial charge in [0.05, 0.1) is 6.61 Å². The normalized spacial score (nSPS) is 16.6. The summed E-state index contributed by atoms with van der Waals surface area (Å²) in [5.74, 6) is 0.776. The van der Waals surface area contributed by atoms with Crippen molar-refractivity contribution in [3.8, 4) is 5.75 Å². The Labute approximate surface area is 183 Å². The van der Waals surface area contributed by atoms with Crippen LogP contribution in [0.25, 0.3) is 11.0 Å². The van der Waals surface area contributed by atoms with E-state index in [4.69, 9.17) is 9.15 Å². The second-order valence-corrected chi connectivity index (χ2v) is 8.73. The Morgan fingerprint density at radius 1 is 1.00 bits per heavy atom. The molecule has 1 saturated heterocycles. The van der Waals surface area contributed by atoms with Crippen molar-refractivity contribution in [1.29, 1.82) is 0 Å². The van der Waals surface area contributed by atoms with Gasteiger partial charge in [-0.25, -0.2) is 4.79 Å². The molecule has 1 aromatic heterocycles. The van der Waals surface area contributed by atoms with Gasteiger partial charge >= 0.3 is 5.63 Å². The van der Waals surface area contributed by atoms with Crippen LogP contribution in [0, 0.1) is 6.92 Å². The maximum atomic E-state index is 12.2. The summed E-state index contributed by atoms with van der Waals surface area (Å²) in [6, 6.07) is 14.7. The molecule has 1 aliphatic carbocycles. The number of ether oxygens (including phenoxy) is 1. The van der Waals surface area contributed by atoms with Crippen LogP contribution in [0.2, 0.25) is 0 Å². The van der Waals surface area contributed by atoms with Gasteiger partial charge in [-0.15, -0.1) is 0 Å². The van der Waals surface area contributed by atoms with Crippen LogP contribution < -0.4 is 15.3 Å². The van der Waals surface area contributed by atoms with Gasteiger partial charge in [0.15, 0.2) is 0 Å². The van der Waals surface area contributed by atoms with Gasteiger partial charge in [-0.3, -0.25) is 4.90 Å². The number of benzene rings is 2. The molecular formula is C26H30N2O3. The van der Waals surface area contributed by atoms with Gasteiger partial charge in [-0.05, 0) is 68.0 Å². The number of hydrogen-bond acceptors (Lipinski definition) is 5. The van der Waals surface area contributed by atoms with Crippen LogP contribution in [0.4, 0.5) is 5.69 Å². The number of anilines is 1. The zero-order valence-corrected chi connectivity index (χ0v) is 18.2. The monoisotopic (exact) mass is 418 g/mol. The van der Waals surface area contributed by atoms with Crippen LogP contribution in [0.3, 0.4) is 0 Å². The summed E-state index contributed by atoms with van der Waals surface area (Å²) in [5, 5.41) is 1.06. The quantitative estimate of drug-likeness (QED) is 0.444. The second kappa shape index (κ2) is 8.75. The van der Waals surface area contributed by atoms with Crippen molar-refractivity contribution in [3.05, 3.63) is 69.6 Å². The van der Waals surface area contributed by atoms with E-state index in [9.17, 15) is 4.79 Å². The first-order valence-corrected chi connectivity index (χ1v) is 11.4. The predicted octanol–water partition coefficient (Wildman–Crippen LogP) is 4.18. The first-order valence-electron chi connectivity index (χ1n) is 11.4. The molecule has 31 heavy (non-hydrogen) atoms. The van der Waals surface area contributed by atoms with E-state index in [0.717, 1.165) is 75.1 Å². The van der Waals surface area contributed by atoms with Crippen LogP contribution in [-0.4, -0.2) is 44.2 Å². The molecule has 0 atom stereocenters. The van der Waals surface area contributed by atoms with Gasteiger partial charge in [0.2, 0.25) is 0 Å². The Morgan fingerprint density at radius 3 is 2.68 bits per heavy atom. The topological polar surface area (TPSA) is 45.9 Å². The molecule has 2 heterocycles. The van der Waals surface area contributed by atoms with Crippen LogP contribution in [0.1, 0.15) is 29.5 Å². The fourth-order valence-corrected chi connectivity index (χ4v) is 4.89. The largest absolute Gasteiger partial charge is 0.493 e. The van der Waals surface area contributed by atoms with Gasteiger partial charge in [0.1, 0.15) is 11.3 Å². The molecule has 0 bridgehead atoms. The fourth-order valence-electron chi connectivity index (χ4n) is 4.89. The van der Waals surface area contributed by atoms with E-state index < -0.39 is 0 Å². The Hall–Kier alpha value is -2.79. The maximum Gasteiger partial charge on any atom is 0.339 e. The zero-order valence-electron chi connectivity index (χ0n) is 18.2. The molecule has 3 aromatic rings. The zero-order chi connectivity index (χ0) is 21.2. The Morgan fingerprint density at radius 2 is 1.84 bits per heavy atom. The first kappa shape index (κ1) is 20.1. The SMILES string of the molecule is Cc1cccc(N2CCN(CCCOc3ccc4c5c(c(=O)oc4c3)CCC5)CC2)c1. The molecule has 2 aliphatic rings. The van der Waals surface area contributed by atoms with Gasteiger partial charge in [-0.2, -0.15) is 0 Å². The minimum atomic E-state index is -0.179. The van der Waals surface area contributed by atoms with Crippen molar-refractivity contribution in [1.82, 2.24) is 4.90 Å². The molecule has 0 radical (unpaired) electrons. The van der Waals surface area contributed by atoms with Crippen molar-refractivity contribution < 1.29 is 9.15 Å². The van der Waals surface area contributed by atoms with E-state index in [1.165, 1.54) is 16.8 Å². The van der Waals surface area contributed by atoms with Crippen LogP contribution >= 0.6 is 0 Å². The Kier molecular flexibility index (Phi) is 5.68. The minimum Gasteiger partial charge on any atom is -0.493 e. The summed E-state index contributed by atoms with van der Waals surface area (Å²) >= 11 is 0. The summed E-state index contributed by atoms with van der Waals surface area (Å²) in [4.78, 5) is 17.2. The average Bonchev–Trinajstić information content (AvgIpc) is 3.28. The molecule has 1 fully saturated rings. The lowest BCUT2D eigenvalue weighted by molar-refractivity contribution is 0.225. The first-order chi connectivity index (χ1) is 15.2. The third-order valence-corrected chi connectivity index (χ3v) is 6.57. The molecule has 2 aromatic carbocycles. The molecule has 5 rings (SSSR count). The summed E-state index contributed by atoms with van der Waals surface area (Å²) in [6.07, 6.45) is 3.83. The van der Waals surface area contributed by atoms with Crippen molar-refractivity contribution >= 4 is 16.7 Å². The van der Waals surface area contributed by atoms with E-state index >= 15 is 0 Å². The summed E-state index contributed by atoms with van der Waals surface area (Å²) in [6.45, 7) is 8.16. The third kappa shape index (κ3) is 4.33. The third-order valence-electron chi connectivity index (χ3n) is 6.57. The highest BCUT2D eigenvalue weighted by Crippen LogP contribution is 2.29. The number of hydrogen-bond donors (Lipinski definition) is 0. The van der Waals surface area contributed by atoms with Gasteiger partial charge < -0.3 is 14.1 Å². The van der Waals surface area contributed by atoms with E-state index in [0.29, 0.717) is 12.2 Å². The van der Waals surface area contributed by atoms with Crippen molar-refractivity contribution in [2.24, 2.45) is 0 Å². The second-order valence-electron chi connectivity index (χ2n) is 8.73. The van der Waals surface area contributed by atoms with E-state index in [2.05, 4.69) is 41.0 Å². The van der Waals surface area contributed by atoms with Gasteiger partial charge in [-0.1, -0.05) is 12.1 Å². The molecule has 5 nitrogen and oxygen atoms in total. The van der Waals surface area contributed by atoms with Gasteiger partial charge in [0, 0.05) is 55.4 Å². The summed E-state index contributed by atoms with van der Waals surface area (Å²) < 4.78 is 11.5. The Balaban J connectivity index is 1.11. The van der Waals surface area contributed by atoms with E-state index in [-0.39, 0.29) is 5.63 Å². The lowest BCUT2D eigenvalue weighted by Gasteiger charge is -2.36. The predicted molar refractivity (Wildman–Crippen MR) is 124 cm³/mol. The van der Waals surface area contributed by atoms with E-state index in [1.807, 2.05) is 18.2 Å². The lowest BCUT2D eigenvalue weighted by atomic mass is 10.1. The summed E-state index contributed by atoms with van der Waals surface area (Å²) in [5.41, 5.74) is 5.15. The molecular weight excluding hydrogens is 388 g/mol. The molecule has 0 spiro atoms. The molecule has 5 heteroatoms. The molecule has 0 amide bonds. The van der Waals surface area contributed by atoms with Crippen LogP contribution in [0.5, 0.6) is 5.75 Å². The summed E-state index contributed by atoms with van der Waals surface area (Å²) in [7, 11) is 0. The van der Waals surface area contributed by atoms with Crippen molar-refractivity contribution in [2.45, 2.75) is 32.6 Å². The van der Waals surface area contributed by atoms with Crippen molar-refractivity contribution in [3.63, 3.8) is 0 Å². The molecule has 1 aliphatic heterocycles. The molecule has 0 saturated carbocycles. The van der Waals surface area contributed by atoms with Crippen LogP contribution in [-0.2, 0) is 12.8 Å². The molecule has 0 unspecified atom stereocenters. The average molecular weight is 419 g/mol. The Bertz CT molecular complexity index is 1130. The number of aryl methyl sites for hydroxylation is 2. The molecule has 162 valence electrons.